The van der Waals surface area contributed by atoms with E-state index in [1.54, 1.807) is 13.1 Å². The normalized spacial score (nSPS) is 19.8. The molecule has 1 unspecified atom stereocenters. The van der Waals surface area contributed by atoms with Crippen LogP contribution in [0.3, 0.4) is 0 Å². The molecule has 0 bridgehead atoms. The minimum absolute atomic E-state index is 0.00774. The number of anilines is 1. The van der Waals surface area contributed by atoms with Gasteiger partial charge in [0.2, 0.25) is 11.9 Å². The van der Waals surface area contributed by atoms with Gasteiger partial charge in [-0.05, 0) is 22.9 Å². The van der Waals surface area contributed by atoms with Crippen molar-refractivity contribution in [3.8, 4) is 0 Å². The highest BCUT2D eigenvalue weighted by Gasteiger charge is 2.36. The van der Waals surface area contributed by atoms with Gasteiger partial charge in [-0.15, -0.1) is 0 Å². The highest BCUT2D eigenvalue weighted by atomic mass is 79.9. The summed E-state index contributed by atoms with van der Waals surface area (Å²) in [5.74, 6) is -1.62. The number of amides is 1. The molecule has 1 aliphatic rings. The van der Waals surface area contributed by atoms with Gasteiger partial charge >= 0.3 is 5.97 Å². The molecule has 1 aliphatic heterocycles. The number of hydrogen-bond donors (Lipinski definition) is 1. The first kappa shape index (κ1) is 12.0. The molecule has 0 saturated carbocycles. The van der Waals surface area contributed by atoms with Crippen molar-refractivity contribution in [1.82, 2.24) is 9.97 Å². The van der Waals surface area contributed by atoms with E-state index in [0.717, 1.165) is 4.47 Å². The predicted octanol–water partition coefficient (Wildman–Crippen LogP) is 0.985. The quantitative estimate of drug-likeness (QED) is 0.880. The average molecular weight is 300 g/mol. The van der Waals surface area contributed by atoms with Crippen LogP contribution in [0, 0.1) is 12.8 Å². The fourth-order valence-electron chi connectivity index (χ4n) is 1.64. The van der Waals surface area contributed by atoms with Crippen LogP contribution in [0.4, 0.5) is 5.95 Å². The number of rotatable bonds is 2. The monoisotopic (exact) mass is 299 g/mol. The Bertz CT molecular complexity index is 492. The van der Waals surface area contributed by atoms with Crippen LogP contribution in [0.5, 0.6) is 0 Å². The molecule has 1 atom stereocenters. The van der Waals surface area contributed by atoms with Crippen molar-refractivity contribution in [1.29, 1.82) is 0 Å². The molecule has 0 aromatic carbocycles. The van der Waals surface area contributed by atoms with E-state index < -0.39 is 11.9 Å². The predicted molar refractivity (Wildman–Crippen MR) is 62.6 cm³/mol. The Balaban J connectivity index is 2.26. The number of carboxylic acids is 1. The summed E-state index contributed by atoms with van der Waals surface area (Å²) in [6.45, 7) is 1.92. The first-order chi connectivity index (χ1) is 7.99. The molecule has 1 fully saturated rings. The molecular formula is C10H10BrN3O3. The van der Waals surface area contributed by atoms with Crippen LogP contribution in [0.25, 0.3) is 0 Å². The number of aliphatic carboxylic acids is 1. The Morgan fingerprint density at radius 1 is 1.65 bits per heavy atom. The molecule has 0 spiro atoms. The molecule has 1 amide bonds. The Labute approximate surface area is 106 Å². The van der Waals surface area contributed by atoms with Crippen LogP contribution < -0.4 is 4.90 Å². The third kappa shape index (κ3) is 2.28. The van der Waals surface area contributed by atoms with Crippen molar-refractivity contribution in [2.45, 2.75) is 13.3 Å². The fraction of sp³-hybridized carbons (Fsp3) is 0.400. The molecular weight excluding hydrogens is 290 g/mol. The highest BCUT2D eigenvalue weighted by Crippen LogP contribution is 2.23. The van der Waals surface area contributed by atoms with Crippen LogP contribution in [0.1, 0.15) is 12.1 Å². The van der Waals surface area contributed by atoms with Crippen LogP contribution >= 0.6 is 15.9 Å². The number of carboxylic acid groups (broad SMARTS) is 1. The van der Waals surface area contributed by atoms with Crippen LogP contribution in [0.15, 0.2) is 10.7 Å². The maximum Gasteiger partial charge on any atom is 0.308 e. The zero-order chi connectivity index (χ0) is 12.6. The fourth-order valence-corrected chi connectivity index (χ4v) is 1.83. The first-order valence-corrected chi connectivity index (χ1v) is 5.80. The van der Waals surface area contributed by atoms with Gasteiger partial charge in [0.25, 0.3) is 0 Å². The molecule has 90 valence electrons. The summed E-state index contributed by atoms with van der Waals surface area (Å²) in [5.41, 5.74) is 0.710. The molecule has 2 rings (SSSR count). The smallest absolute Gasteiger partial charge is 0.308 e. The molecule has 1 aromatic rings. The summed E-state index contributed by atoms with van der Waals surface area (Å²) >= 11 is 3.27. The molecule has 7 heteroatoms. The lowest BCUT2D eigenvalue weighted by atomic mass is 10.1. The zero-order valence-corrected chi connectivity index (χ0v) is 10.6. The number of hydrogen-bond acceptors (Lipinski definition) is 4. The highest BCUT2D eigenvalue weighted by molar-refractivity contribution is 9.10. The zero-order valence-electron chi connectivity index (χ0n) is 9.05. The molecule has 17 heavy (non-hydrogen) atoms. The second kappa shape index (κ2) is 4.40. The van der Waals surface area contributed by atoms with Gasteiger partial charge in [0.05, 0.1) is 16.1 Å². The van der Waals surface area contributed by atoms with E-state index in [1.807, 2.05) is 0 Å². The van der Waals surface area contributed by atoms with Gasteiger partial charge in [-0.2, -0.15) is 0 Å². The Kier molecular flexibility index (Phi) is 3.10. The van der Waals surface area contributed by atoms with Gasteiger partial charge in [-0.3, -0.25) is 14.5 Å². The van der Waals surface area contributed by atoms with Crippen molar-refractivity contribution in [2.24, 2.45) is 5.92 Å². The van der Waals surface area contributed by atoms with E-state index in [4.69, 9.17) is 5.11 Å². The summed E-state index contributed by atoms with van der Waals surface area (Å²) in [7, 11) is 0. The summed E-state index contributed by atoms with van der Waals surface area (Å²) in [6, 6.07) is 0. The second-order valence-corrected chi connectivity index (χ2v) is 4.70. The van der Waals surface area contributed by atoms with E-state index in [9.17, 15) is 9.59 Å². The lowest BCUT2D eigenvalue weighted by Crippen LogP contribution is -2.27. The van der Waals surface area contributed by atoms with Crippen molar-refractivity contribution < 1.29 is 14.7 Å². The molecule has 0 aliphatic carbocycles. The van der Waals surface area contributed by atoms with Gasteiger partial charge < -0.3 is 5.11 Å². The van der Waals surface area contributed by atoms with E-state index in [2.05, 4.69) is 25.9 Å². The number of carbonyl (C=O) groups is 2. The minimum Gasteiger partial charge on any atom is -0.481 e. The van der Waals surface area contributed by atoms with Gasteiger partial charge in [0, 0.05) is 19.2 Å². The van der Waals surface area contributed by atoms with Gasteiger partial charge in [0.15, 0.2) is 0 Å². The van der Waals surface area contributed by atoms with Crippen molar-refractivity contribution in [3.05, 3.63) is 16.4 Å². The Morgan fingerprint density at radius 2 is 2.35 bits per heavy atom. The SMILES string of the molecule is Cc1nc(N2CC(C(=O)O)CC2=O)ncc1Br. The Morgan fingerprint density at radius 3 is 2.88 bits per heavy atom. The summed E-state index contributed by atoms with van der Waals surface area (Å²) in [5, 5.41) is 8.87. The van der Waals surface area contributed by atoms with Crippen LogP contribution in [0.2, 0.25) is 0 Å². The molecule has 0 radical (unpaired) electrons. The average Bonchev–Trinajstić information content (AvgIpc) is 2.65. The van der Waals surface area contributed by atoms with Crippen LogP contribution in [-0.4, -0.2) is 33.5 Å². The Hall–Kier alpha value is -1.50. The second-order valence-electron chi connectivity index (χ2n) is 3.85. The van der Waals surface area contributed by atoms with E-state index in [0.29, 0.717) is 5.69 Å². The number of halogens is 1. The molecule has 2 heterocycles. The third-order valence-corrected chi connectivity index (χ3v) is 3.40. The van der Waals surface area contributed by atoms with Crippen molar-refractivity contribution >= 4 is 33.8 Å². The number of aryl methyl sites for hydroxylation is 1. The summed E-state index contributed by atoms with van der Waals surface area (Å²) in [6.07, 6.45) is 1.56. The minimum atomic E-state index is -0.963. The molecule has 1 N–H and O–H groups in total. The van der Waals surface area contributed by atoms with Gasteiger partial charge in [-0.1, -0.05) is 0 Å². The molecule has 1 aromatic heterocycles. The molecule has 6 nitrogen and oxygen atoms in total. The van der Waals surface area contributed by atoms with Crippen molar-refractivity contribution in [3.63, 3.8) is 0 Å². The standard InChI is InChI=1S/C10H10BrN3O3/c1-5-7(11)3-12-10(13-5)14-4-6(9(16)17)2-8(14)15/h3,6H,2,4H2,1H3,(H,16,17). The largest absolute Gasteiger partial charge is 0.481 e. The van der Waals surface area contributed by atoms with E-state index in [-0.39, 0.29) is 24.8 Å². The third-order valence-electron chi connectivity index (χ3n) is 2.62. The first-order valence-electron chi connectivity index (χ1n) is 5.01. The number of aromatic nitrogens is 2. The lowest BCUT2D eigenvalue weighted by Gasteiger charge is -2.14. The topological polar surface area (TPSA) is 83.4 Å². The summed E-state index contributed by atoms with van der Waals surface area (Å²) in [4.78, 5) is 32.0. The summed E-state index contributed by atoms with van der Waals surface area (Å²) < 4.78 is 0.752. The maximum absolute atomic E-state index is 11.7. The van der Waals surface area contributed by atoms with Crippen LogP contribution in [-0.2, 0) is 9.59 Å². The lowest BCUT2D eigenvalue weighted by molar-refractivity contribution is -0.141. The number of carbonyl (C=O) groups excluding carboxylic acids is 1. The number of nitrogens with zero attached hydrogens (tertiary/aromatic N) is 3. The molecule has 1 saturated heterocycles. The van der Waals surface area contributed by atoms with Gasteiger partial charge in [-0.25, -0.2) is 9.97 Å². The van der Waals surface area contributed by atoms with E-state index in [1.165, 1.54) is 4.90 Å². The van der Waals surface area contributed by atoms with E-state index >= 15 is 0 Å². The van der Waals surface area contributed by atoms with Crippen molar-refractivity contribution in [2.75, 3.05) is 11.4 Å². The van der Waals surface area contributed by atoms with Gasteiger partial charge in [0.1, 0.15) is 0 Å². The maximum atomic E-state index is 11.7.